The lowest BCUT2D eigenvalue weighted by Gasteiger charge is -2.35. The fourth-order valence-corrected chi connectivity index (χ4v) is 4.16. The van der Waals surface area contributed by atoms with Crippen LogP contribution >= 0.6 is 0 Å². The number of nitrogens with one attached hydrogen (secondary N) is 2. The Morgan fingerprint density at radius 3 is 2.58 bits per heavy atom. The first-order valence-electron chi connectivity index (χ1n) is 8.19. The third kappa shape index (κ3) is 4.22. The molecule has 146 valence electrons. The smallest absolute Gasteiger partial charge is 0.405 e. The molecule has 1 aromatic rings. The number of fused-ring (bicyclic) bond motifs is 1. The van der Waals surface area contributed by atoms with E-state index in [-0.39, 0.29) is 42.7 Å². The number of hydrogen-bond acceptors (Lipinski definition) is 6. The number of hydrogen-bond donors (Lipinski definition) is 2. The molecule has 0 aromatic heterocycles. The van der Waals surface area contributed by atoms with Gasteiger partial charge in [-0.2, -0.15) is 13.2 Å². The average molecular weight is 395 g/mol. The van der Waals surface area contributed by atoms with Gasteiger partial charge < -0.3 is 14.8 Å². The average Bonchev–Trinajstić information content (AvgIpc) is 2.61. The molecule has 1 atom stereocenters. The third-order valence-electron chi connectivity index (χ3n) is 4.26. The summed E-state index contributed by atoms with van der Waals surface area (Å²) in [5, 5.41) is 2.98. The summed E-state index contributed by atoms with van der Waals surface area (Å²) in [5.74, 6) is 0.283. The number of ether oxygens (including phenoxy) is 2. The predicted molar refractivity (Wildman–Crippen MR) is 86.9 cm³/mol. The van der Waals surface area contributed by atoms with Gasteiger partial charge in [-0.3, -0.25) is 4.90 Å². The second-order valence-corrected chi connectivity index (χ2v) is 7.71. The minimum absolute atomic E-state index is 0.0250. The third-order valence-corrected chi connectivity index (χ3v) is 5.70. The van der Waals surface area contributed by atoms with Crippen LogP contribution in [0, 0.1) is 0 Å². The molecule has 2 N–H and O–H groups in total. The van der Waals surface area contributed by atoms with E-state index >= 15 is 0 Å². The highest BCUT2D eigenvalue weighted by molar-refractivity contribution is 7.89. The normalized spacial score (nSPS) is 20.0. The first-order chi connectivity index (χ1) is 12.3. The minimum atomic E-state index is -4.55. The van der Waals surface area contributed by atoms with Crippen LogP contribution in [0.5, 0.6) is 11.5 Å². The molecule has 26 heavy (non-hydrogen) atoms. The Morgan fingerprint density at radius 1 is 1.19 bits per heavy atom. The van der Waals surface area contributed by atoms with E-state index in [1.165, 1.54) is 17.0 Å². The maximum absolute atomic E-state index is 13.4. The van der Waals surface area contributed by atoms with Gasteiger partial charge in [-0.25, -0.2) is 13.1 Å². The van der Waals surface area contributed by atoms with Gasteiger partial charge >= 0.3 is 6.18 Å². The maximum atomic E-state index is 13.4. The van der Waals surface area contributed by atoms with Gasteiger partial charge in [0.05, 0.1) is 0 Å². The fourth-order valence-electron chi connectivity index (χ4n) is 2.97. The van der Waals surface area contributed by atoms with Gasteiger partial charge in [-0.05, 0) is 12.1 Å². The topological polar surface area (TPSA) is 79.9 Å². The van der Waals surface area contributed by atoms with Gasteiger partial charge in [-0.1, -0.05) is 6.07 Å². The van der Waals surface area contributed by atoms with E-state index in [1.54, 1.807) is 6.07 Å². The second kappa shape index (κ2) is 7.59. The van der Waals surface area contributed by atoms with Crippen molar-refractivity contribution in [1.29, 1.82) is 0 Å². The molecule has 2 heterocycles. The van der Waals surface area contributed by atoms with Gasteiger partial charge in [0.1, 0.15) is 24.2 Å². The van der Waals surface area contributed by atoms with E-state index < -0.39 is 28.8 Å². The lowest BCUT2D eigenvalue weighted by Crippen LogP contribution is -2.57. The molecule has 0 spiro atoms. The highest BCUT2D eigenvalue weighted by Crippen LogP contribution is 2.36. The van der Waals surface area contributed by atoms with E-state index in [9.17, 15) is 21.6 Å². The number of piperazine rings is 1. The van der Waals surface area contributed by atoms with E-state index in [0.717, 1.165) is 0 Å². The molecule has 0 aliphatic carbocycles. The Labute approximate surface area is 149 Å². The monoisotopic (exact) mass is 395 g/mol. The first kappa shape index (κ1) is 19.2. The maximum Gasteiger partial charge on any atom is 0.405 e. The zero-order valence-corrected chi connectivity index (χ0v) is 14.7. The molecular weight excluding hydrogens is 375 g/mol. The summed E-state index contributed by atoms with van der Waals surface area (Å²) in [4.78, 5) is 1.01. The van der Waals surface area contributed by atoms with Crippen molar-refractivity contribution in [2.24, 2.45) is 0 Å². The quantitative estimate of drug-likeness (QED) is 0.759. The van der Waals surface area contributed by atoms with Crippen LogP contribution in [0.1, 0.15) is 0 Å². The number of benzene rings is 1. The number of para-hydroxylation sites is 1. The van der Waals surface area contributed by atoms with Crippen LogP contribution in [0.15, 0.2) is 23.1 Å². The van der Waals surface area contributed by atoms with Crippen molar-refractivity contribution >= 4 is 10.0 Å². The highest BCUT2D eigenvalue weighted by atomic mass is 32.2. The zero-order valence-electron chi connectivity index (χ0n) is 13.9. The summed E-state index contributed by atoms with van der Waals surface area (Å²) in [6.45, 7) is 0.936. The Morgan fingerprint density at radius 2 is 1.88 bits per heavy atom. The van der Waals surface area contributed by atoms with Crippen LogP contribution in [-0.2, 0) is 10.0 Å². The summed E-state index contributed by atoms with van der Waals surface area (Å²) in [7, 11) is -4.19. The lowest BCUT2D eigenvalue weighted by atomic mass is 10.2. The number of halogens is 3. The molecule has 11 heteroatoms. The van der Waals surface area contributed by atoms with Gasteiger partial charge in [0.25, 0.3) is 0 Å². The van der Waals surface area contributed by atoms with Gasteiger partial charge in [0, 0.05) is 32.7 Å². The van der Waals surface area contributed by atoms with Crippen molar-refractivity contribution in [3.05, 3.63) is 18.2 Å². The molecule has 2 aliphatic rings. The van der Waals surface area contributed by atoms with Gasteiger partial charge in [0.2, 0.25) is 10.0 Å². The number of nitrogens with zero attached hydrogens (tertiary/aromatic N) is 1. The van der Waals surface area contributed by atoms with Crippen LogP contribution in [0.3, 0.4) is 0 Å². The second-order valence-electron chi connectivity index (χ2n) is 5.98. The molecule has 1 unspecified atom stereocenters. The van der Waals surface area contributed by atoms with Crippen LogP contribution < -0.4 is 19.5 Å². The molecule has 0 saturated carbocycles. The number of sulfonamides is 1. The highest BCUT2D eigenvalue weighted by Gasteiger charge is 2.44. The Hall–Kier alpha value is -1.56. The van der Waals surface area contributed by atoms with Crippen molar-refractivity contribution in [2.75, 3.05) is 45.9 Å². The van der Waals surface area contributed by atoms with Crippen LogP contribution in [0.4, 0.5) is 13.2 Å². The number of alkyl halides is 3. The van der Waals surface area contributed by atoms with E-state index in [0.29, 0.717) is 13.1 Å². The summed E-state index contributed by atoms with van der Waals surface area (Å²) < 4.78 is 78.1. The first-order valence-corrected chi connectivity index (χ1v) is 9.67. The molecule has 0 amide bonds. The minimum Gasteiger partial charge on any atom is -0.486 e. The molecule has 7 nitrogen and oxygen atoms in total. The molecule has 1 fully saturated rings. The van der Waals surface area contributed by atoms with E-state index in [1.807, 2.05) is 0 Å². The fraction of sp³-hybridized carbons (Fsp3) is 0.600. The van der Waals surface area contributed by atoms with Crippen molar-refractivity contribution in [3.63, 3.8) is 0 Å². The largest absolute Gasteiger partial charge is 0.486 e. The summed E-state index contributed by atoms with van der Waals surface area (Å²) in [6, 6.07) is 2.39. The van der Waals surface area contributed by atoms with Crippen LogP contribution in [0.25, 0.3) is 0 Å². The van der Waals surface area contributed by atoms with E-state index in [2.05, 4.69) is 10.0 Å². The van der Waals surface area contributed by atoms with Crippen molar-refractivity contribution in [2.45, 2.75) is 17.1 Å². The van der Waals surface area contributed by atoms with Crippen molar-refractivity contribution in [1.82, 2.24) is 14.9 Å². The molecule has 1 saturated heterocycles. The predicted octanol–water partition coefficient (Wildman–Crippen LogP) is 0.572. The molecule has 2 aliphatic heterocycles. The van der Waals surface area contributed by atoms with Crippen LogP contribution in [0.2, 0.25) is 0 Å². The van der Waals surface area contributed by atoms with Crippen LogP contribution in [-0.4, -0.2) is 71.5 Å². The van der Waals surface area contributed by atoms with Gasteiger partial charge in [0.15, 0.2) is 11.5 Å². The number of rotatable bonds is 5. The Bertz CT molecular complexity index is 736. The lowest BCUT2D eigenvalue weighted by molar-refractivity contribution is -0.182. The van der Waals surface area contributed by atoms with E-state index in [4.69, 9.17) is 9.47 Å². The summed E-state index contributed by atoms with van der Waals surface area (Å²) in [6.07, 6.45) is -4.55. The Kier molecular flexibility index (Phi) is 5.61. The Balaban J connectivity index is 1.78. The molecule has 3 rings (SSSR count). The SMILES string of the molecule is O=S(=O)(NCC(N1CCNCC1)C(F)(F)F)c1cccc2c1OCCO2. The summed E-state index contributed by atoms with van der Waals surface area (Å²) >= 11 is 0. The van der Waals surface area contributed by atoms with Gasteiger partial charge in [-0.15, -0.1) is 0 Å². The molecule has 1 aromatic carbocycles. The zero-order chi connectivity index (χ0) is 18.8. The standard InChI is InChI=1S/C15H20F3N3O4S/c16-15(17,18)13(21-6-4-19-5-7-21)10-20-26(22,23)12-3-1-2-11-14(12)25-9-8-24-11/h1-3,13,19-20H,4-10H2. The van der Waals surface area contributed by atoms with Crippen molar-refractivity contribution in [3.8, 4) is 11.5 Å². The molecular formula is C15H20F3N3O4S. The summed E-state index contributed by atoms with van der Waals surface area (Å²) in [5.41, 5.74) is 0. The van der Waals surface area contributed by atoms with Crippen molar-refractivity contribution < 1.29 is 31.1 Å². The molecule has 0 bridgehead atoms. The molecule has 0 radical (unpaired) electrons.